The van der Waals surface area contributed by atoms with Crippen LogP contribution in [0, 0.1) is 0 Å². The van der Waals surface area contributed by atoms with Crippen LogP contribution in [0.15, 0.2) is 30.3 Å². The summed E-state index contributed by atoms with van der Waals surface area (Å²) < 4.78 is 5.67. The summed E-state index contributed by atoms with van der Waals surface area (Å²) in [6.45, 7) is 1.34. The van der Waals surface area contributed by atoms with Crippen molar-refractivity contribution in [3.8, 4) is 5.75 Å². The van der Waals surface area contributed by atoms with Crippen LogP contribution in [0.3, 0.4) is 0 Å². The van der Waals surface area contributed by atoms with Crippen molar-refractivity contribution in [2.24, 2.45) is 0 Å². The van der Waals surface area contributed by atoms with Gasteiger partial charge in [-0.15, -0.1) is 0 Å². The normalized spacial score (nSPS) is 12.9. The van der Waals surface area contributed by atoms with E-state index in [1.165, 1.54) is 5.56 Å². The fourth-order valence-electron chi connectivity index (χ4n) is 2.28. The van der Waals surface area contributed by atoms with Gasteiger partial charge in [0.1, 0.15) is 5.75 Å². The van der Waals surface area contributed by atoms with Gasteiger partial charge in [0.25, 0.3) is 0 Å². The zero-order chi connectivity index (χ0) is 14.1. The third-order valence-corrected chi connectivity index (χ3v) is 4.19. The van der Waals surface area contributed by atoms with Gasteiger partial charge in [-0.2, -0.15) is 0 Å². The SMILES string of the molecule is Clc1cc2c(c(CNc3ccc(Cl)c(Cl)c3)c1)OCC2. The Balaban J connectivity index is 1.80. The van der Waals surface area contributed by atoms with Gasteiger partial charge in [-0.25, -0.2) is 0 Å². The molecule has 0 fully saturated rings. The van der Waals surface area contributed by atoms with E-state index in [0.717, 1.165) is 35.1 Å². The van der Waals surface area contributed by atoms with Gasteiger partial charge in [0, 0.05) is 29.2 Å². The highest BCUT2D eigenvalue weighted by Gasteiger charge is 2.17. The van der Waals surface area contributed by atoms with Gasteiger partial charge >= 0.3 is 0 Å². The molecule has 0 atom stereocenters. The van der Waals surface area contributed by atoms with Gasteiger partial charge in [-0.1, -0.05) is 34.8 Å². The van der Waals surface area contributed by atoms with Crippen LogP contribution in [0.25, 0.3) is 0 Å². The lowest BCUT2D eigenvalue weighted by atomic mass is 10.1. The van der Waals surface area contributed by atoms with Crippen molar-refractivity contribution in [2.45, 2.75) is 13.0 Å². The molecule has 0 aromatic heterocycles. The fourth-order valence-corrected chi connectivity index (χ4v) is 2.84. The maximum absolute atomic E-state index is 6.13. The zero-order valence-electron chi connectivity index (χ0n) is 10.6. The number of nitrogens with one attached hydrogen (secondary N) is 1. The Hall–Kier alpha value is -1.09. The van der Waals surface area contributed by atoms with Crippen molar-refractivity contribution < 1.29 is 4.74 Å². The summed E-state index contributed by atoms with van der Waals surface area (Å²) in [5.41, 5.74) is 3.13. The van der Waals surface area contributed by atoms with Gasteiger partial charge in [-0.3, -0.25) is 0 Å². The van der Waals surface area contributed by atoms with E-state index in [1.54, 1.807) is 12.1 Å². The molecule has 5 heteroatoms. The minimum atomic E-state index is 0.532. The highest BCUT2D eigenvalue weighted by molar-refractivity contribution is 6.42. The van der Waals surface area contributed by atoms with Gasteiger partial charge in [-0.05, 0) is 35.9 Å². The molecule has 1 aliphatic rings. The Bertz CT molecular complexity index is 658. The lowest BCUT2D eigenvalue weighted by Gasteiger charge is -2.11. The topological polar surface area (TPSA) is 21.3 Å². The molecule has 2 aromatic rings. The summed E-state index contributed by atoms with van der Waals surface area (Å²) in [5.74, 6) is 0.946. The highest BCUT2D eigenvalue weighted by atomic mass is 35.5. The molecule has 2 nitrogen and oxygen atoms in total. The second-order valence-corrected chi connectivity index (χ2v) is 5.88. The number of fused-ring (bicyclic) bond motifs is 1. The predicted octanol–water partition coefficient (Wildman–Crippen LogP) is 5.19. The molecule has 20 heavy (non-hydrogen) atoms. The van der Waals surface area contributed by atoms with Crippen LogP contribution in [0.5, 0.6) is 5.75 Å². The van der Waals surface area contributed by atoms with Crippen molar-refractivity contribution in [3.05, 3.63) is 56.5 Å². The van der Waals surface area contributed by atoms with Crippen molar-refractivity contribution >= 4 is 40.5 Å². The van der Waals surface area contributed by atoms with E-state index in [-0.39, 0.29) is 0 Å². The van der Waals surface area contributed by atoms with E-state index in [1.807, 2.05) is 18.2 Å². The minimum Gasteiger partial charge on any atom is -0.493 e. The van der Waals surface area contributed by atoms with Gasteiger partial charge < -0.3 is 10.1 Å². The number of ether oxygens (including phenoxy) is 1. The second-order valence-electron chi connectivity index (χ2n) is 4.63. The molecule has 0 saturated carbocycles. The molecule has 0 spiro atoms. The molecule has 0 amide bonds. The number of anilines is 1. The monoisotopic (exact) mass is 327 g/mol. The van der Waals surface area contributed by atoms with Crippen LogP contribution in [-0.2, 0) is 13.0 Å². The number of hydrogen-bond donors (Lipinski definition) is 1. The van der Waals surface area contributed by atoms with Gasteiger partial charge in [0.15, 0.2) is 0 Å². The number of hydrogen-bond acceptors (Lipinski definition) is 2. The molecule has 104 valence electrons. The second kappa shape index (κ2) is 5.72. The molecular formula is C15H12Cl3NO. The minimum absolute atomic E-state index is 0.532. The van der Waals surface area contributed by atoms with Crippen LogP contribution < -0.4 is 10.1 Å². The van der Waals surface area contributed by atoms with Crippen molar-refractivity contribution in [1.82, 2.24) is 0 Å². The third-order valence-electron chi connectivity index (χ3n) is 3.23. The predicted molar refractivity (Wildman–Crippen MR) is 84.4 cm³/mol. The van der Waals surface area contributed by atoms with Crippen molar-refractivity contribution in [3.63, 3.8) is 0 Å². The summed E-state index contributed by atoms with van der Waals surface area (Å²) >= 11 is 18.0. The van der Waals surface area contributed by atoms with Crippen molar-refractivity contribution in [2.75, 3.05) is 11.9 Å². The maximum Gasteiger partial charge on any atom is 0.127 e. The van der Waals surface area contributed by atoms with E-state index < -0.39 is 0 Å². The van der Waals surface area contributed by atoms with Crippen LogP contribution in [0.1, 0.15) is 11.1 Å². The first kappa shape index (κ1) is 13.9. The molecule has 0 bridgehead atoms. The highest BCUT2D eigenvalue weighted by Crippen LogP contribution is 2.33. The van der Waals surface area contributed by atoms with Crippen LogP contribution in [-0.4, -0.2) is 6.61 Å². The summed E-state index contributed by atoms with van der Waals surface area (Å²) in [4.78, 5) is 0. The first-order chi connectivity index (χ1) is 9.63. The van der Waals surface area contributed by atoms with E-state index >= 15 is 0 Å². The lowest BCUT2D eigenvalue weighted by Crippen LogP contribution is -2.01. The molecular weight excluding hydrogens is 317 g/mol. The average Bonchev–Trinajstić information content (AvgIpc) is 2.88. The Kier molecular flexibility index (Phi) is 3.97. The van der Waals surface area contributed by atoms with Crippen LogP contribution in [0.2, 0.25) is 15.1 Å². The molecule has 0 saturated heterocycles. The first-order valence-electron chi connectivity index (χ1n) is 6.26. The molecule has 0 radical (unpaired) electrons. The fraction of sp³-hybridized carbons (Fsp3) is 0.200. The molecule has 3 rings (SSSR count). The number of rotatable bonds is 3. The average molecular weight is 329 g/mol. The summed E-state index contributed by atoms with van der Waals surface area (Å²) in [6.07, 6.45) is 0.912. The smallest absolute Gasteiger partial charge is 0.127 e. The summed E-state index contributed by atoms with van der Waals surface area (Å²) in [5, 5.41) is 5.12. The van der Waals surface area contributed by atoms with Gasteiger partial charge in [0.05, 0.1) is 16.7 Å². The van der Waals surface area contributed by atoms with Crippen LogP contribution >= 0.6 is 34.8 Å². The molecule has 1 N–H and O–H groups in total. The quantitative estimate of drug-likeness (QED) is 0.836. The molecule has 0 unspecified atom stereocenters. The maximum atomic E-state index is 6.13. The van der Waals surface area contributed by atoms with Gasteiger partial charge in [0.2, 0.25) is 0 Å². The number of benzene rings is 2. The Morgan fingerprint density at radius 3 is 2.70 bits per heavy atom. The lowest BCUT2D eigenvalue weighted by molar-refractivity contribution is 0.354. The number of halogens is 3. The molecule has 0 aliphatic carbocycles. The summed E-state index contributed by atoms with van der Waals surface area (Å²) in [7, 11) is 0. The molecule has 1 heterocycles. The van der Waals surface area contributed by atoms with E-state index in [9.17, 15) is 0 Å². The van der Waals surface area contributed by atoms with Crippen LogP contribution in [0.4, 0.5) is 5.69 Å². The van der Waals surface area contributed by atoms with E-state index in [2.05, 4.69) is 5.32 Å². The zero-order valence-corrected chi connectivity index (χ0v) is 12.8. The molecule has 1 aliphatic heterocycles. The third kappa shape index (κ3) is 2.83. The van der Waals surface area contributed by atoms with E-state index in [0.29, 0.717) is 16.6 Å². The standard InChI is InChI=1S/C15H12Cl3NO/c16-11-5-9-3-4-20-15(9)10(6-11)8-19-12-1-2-13(17)14(18)7-12/h1-2,5-7,19H,3-4,8H2. The largest absolute Gasteiger partial charge is 0.493 e. The Labute approximate surface area is 132 Å². The van der Waals surface area contributed by atoms with Crippen molar-refractivity contribution in [1.29, 1.82) is 0 Å². The molecule has 2 aromatic carbocycles. The van der Waals surface area contributed by atoms with E-state index in [4.69, 9.17) is 39.5 Å². The first-order valence-corrected chi connectivity index (χ1v) is 7.40. The summed E-state index contributed by atoms with van der Waals surface area (Å²) in [6, 6.07) is 9.35. The Morgan fingerprint density at radius 1 is 1.05 bits per heavy atom. The Morgan fingerprint density at radius 2 is 1.90 bits per heavy atom.